The third kappa shape index (κ3) is 6.35. The number of nitrogens with zero attached hydrogens (tertiary/aromatic N) is 2. The Morgan fingerprint density at radius 1 is 1.07 bits per heavy atom. The summed E-state index contributed by atoms with van der Waals surface area (Å²) in [6.07, 6.45) is -3.73. The number of anilines is 1. The number of carbonyl (C=O) groups excluding carboxylic acids is 2. The molecule has 0 radical (unpaired) electrons. The largest absolute Gasteiger partial charge is 0.416 e. The van der Waals surface area contributed by atoms with Crippen LogP contribution in [0.1, 0.15) is 32.8 Å². The minimum Gasteiger partial charge on any atom is -0.338 e. The average molecular weight is 414 g/mol. The average Bonchev–Trinajstić information content (AvgIpc) is 2.70. The van der Waals surface area contributed by atoms with Gasteiger partial charge < -0.3 is 20.4 Å². The van der Waals surface area contributed by atoms with Crippen molar-refractivity contribution in [2.24, 2.45) is 5.92 Å². The van der Waals surface area contributed by atoms with Crippen molar-refractivity contribution in [3.05, 3.63) is 29.8 Å². The Kier molecular flexibility index (Phi) is 7.89. The fourth-order valence-corrected chi connectivity index (χ4v) is 3.22. The summed E-state index contributed by atoms with van der Waals surface area (Å²) in [4.78, 5) is 29.4. The summed E-state index contributed by atoms with van der Waals surface area (Å²) >= 11 is 0. The SMILES string of the molecule is CCC(C)C(NC(=O)Nc1ccc(C(F)(F)F)cc1)C(=O)N1CCN(CC)CC1. The topological polar surface area (TPSA) is 64.7 Å². The minimum absolute atomic E-state index is 0.0786. The standard InChI is InChI=1S/C20H29F3N4O2/c1-4-14(3)17(18(28)27-12-10-26(5-2)11-13-27)25-19(29)24-16-8-6-15(7-9-16)20(21,22)23/h6-9,14,17H,4-5,10-13H2,1-3H3,(H2,24,25,29). The Hall–Kier alpha value is -2.29. The zero-order valence-electron chi connectivity index (χ0n) is 17.1. The van der Waals surface area contributed by atoms with E-state index in [0.29, 0.717) is 19.5 Å². The molecule has 1 saturated heterocycles. The monoisotopic (exact) mass is 414 g/mol. The van der Waals surface area contributed by atoms with E-state index in [2.05, 4.69) is 22.5 Å². The second-order valence-electron chi connectivity index (χ2n) is 7.30. The number of hydrogen-bond acceptors (Lipinski definition) is 3. The number of likely N-dealkylation sites (N-methyl/N-ethyl adjacent to an activating group) is 1. The van der Waals surface area contributed by atoms with Gasteiger partial charge in [-0.2, -0.15) is 13.2 Å². The predicted octanol–water partition coefficient (Wildman–Crippen LogP) is 3.41. The lowest BCUT2D eigenvalue weighted by Gasteiger charge is -2.37. The highest BCUT2D eigenvalue weighted by atomic mass is 19.4. The van der Waals surface area contributed by atoms with Crippen molar-refractivity contribution < 1.29 is 22.8 Å². The molecule has 6 nitrogen and oxygen atoms in total. The van der Waals surface area contributed by atoms with E-state index < -0.39 is 23.8 Å². The highest BCUT2D eigenvalue weighted by Gasteiger charge is 2.32. The molecule has 2 N–H and O–H groups in total. The van der Waals surface area contributed by atoms with Gasteiger partial charge in [-0.1, -0.05) is 27.2 Å². The predicted molar refractivity (Wildman–Crippen MR) is 106 cm³/mol. The van der Waals surface area contributed by atoms with Crippen LogP contribution in [0.25, 0.3) is 0 Å². The van der Waals surface area contributed by atoms with Crippen molar-refractivity contribution >= 4 is 17.6 Å². The lowest BCUT2D eigenvalue weighted by molar-refractivity contribution is -0.137. The van der Waals surface area contributed by atoms with Gasteiger partial charge in [0.25, 0.3) is 0 Å². The number of benzene rings is 1. The second-order valence-corrected chi connectivity index (χ2v) is 7.30. The second kappa shape index (κ2) is 9.96. The van der Waals surface area contributed by atoms with Crippen LogP contribution in [0, 0.1) is 5.92 Å². The Balaban J connectivity index is 2.00. The van der Waals surface area contributed by atoms with Crippen LogP contribution in [0.2, 0.25) is 0 Å². The first-order valence-electron chi connectivity index (χ1n) is 9.91. The van der Waals surface area contributed by atoms with E-state index >= 15 is 0 Å². The number of urea groups is 1. The van der Waals surface area contributed by atoms with Gasteiger partial charge >= 0.3 is 12.2 Å². The Labute approximate surface area is 169 Å². The maximum Gasteiger partial charge on any atom is 0.416 e. The minimum atomic E-state index is -4.43. The van der Waals surface area contributed by atoms with E-state index in [0.717, 1.165) is 31.8 Å². The number of amides is 3. The third-order valence-corrected chi connectivity index (χ3v) is 5.37. The van der Waals surface area contributed by atoms with E-state index in [4.69, 9.17) is 0 Å². The quantitative estimate of drug-likeness (QED) is 0.750. The molecule has 0 spiro atoms. The van der Waals surface area contributed by atoms with Crippen LogP contribution < -0.4 is 10.6 Å². The normalized spacial score (nSPS) is 17.5. The Morgan fingerprint density at radius 2 is 1.66 bits per heavy atom. The zero-order chi connectivity index (χ0) is 21.6. The number of nitrogens with one attached hydrogen (secondary N) is 2. The molecule has 29 heavy (non-hydrogen) atoms. The molecular formula is C20H29F3N4O2. The third-order valence-electron chi connectivity index (χ3n) is 5.37. The first-order valence-corrected chi connectivity index (χ1v) is 9.91. The lowest BCUT2D eigenvalue weighted by atomic mass is 9.97. The molecule has 1 aliphatic heterocycles. The van der Waals surface area contributed by atoms with Gasteiger partial charge in [0.15, 0.2) is 0 Å². The van der Waals surface area contributed by atoms with Crippen molar-refractivity contribution in [1.82, 2.24) is 15.1 Å². The molecule has 2 atom stereocenters. The van der Waals surface area contributed by atoms with Crippen LogP contribution >= 0.6 is 0 Å². The van der Waals surface area contributed by atoms with Gasteiger partial charge in [-0.05, 0) is 36.7 Å². The highest BCUT2D eigenvalue weighted by Crippen LogP contribution is 2.29. The summed E-state index contributed by atoms with van der Waals surface area (Å²) in [6, 6.07) is 2.87. The Morgan fingerprint density at radius 3 is 2.14 bits per heavy atom. The zero-order valence-corrected chi connectivity index (χ0v) is 17.1. The number of rotatable bonds is 6. The van der Waals surface area contributed by atoms with E-state index in [1.165, 1.54) is 12.1 Å². The molecular weight excluding hydrogens is 385 g/mol. The number of carbonyl (C=O) groups is 2. The van der Waals surface area contributed by atoms with Crippen LogP contribution in [0.3, 0.4) is 0 Å². The molecule has 1 fully saturated rings. The maximum absolute atomic E-state index is 13.0. The van der Waals surface area contributed by atoms with Gasteiger partial charge in [0.1, 0.15) is 6.04 Å². The molecule has 0 aromatic heterocycles. The molecule has 2 rings (SSSR count). The fraction of sp³-hybridized carbons (Fsp3) is 0.600. The van der Waals surface area contributed by atoms with Crippen molar-refractivity contribution in [2.45, 2.75) is 39.4 Å². The summed E-state index contributed by atoms with van der Waals surface area (Å²) in [5.74, 6) is -0.206. The summed E-state index contributed by atoms with van der Waals surface area (Å²) in [6.45, 7) is 9.67. The first kappa shape index (κ1) is 23.0. The van der Waals surface area contributed by atoms with E-state index in [1.54, 1.807) is 4.90 Å². The number of halogens is 3. The van der Waals surface area contributed by atoms with E-state index in [-0.39, 0.29) is 17.5 Å². The molecule has 162 valence electrons. The van der Waals surface area contributed by atoms with Gasteiger partial charge in [-0.3, -0.25) is 4.79 Å². The number of alkyl halides is 3. The Bertz CT molecular complexity index is 686. The maximum atomic E-state index is 13.0. The molecule has 9 heteroatoms. The van der Waals surface area contributed by atoms with Crippen LogP contribution in [-0.4, -0.2) is 60.5 Å². The van der Waals surface area contributed by atoms with Crippen LogP contribution in [0.4, 0.5) is 23.7 Å². The van der Waals surface area contributed by atoms with Crippen LogP contribution in [-0.2, 0) is 11.0 Å². The molecule has 1 heterocycles. The van der Waals surface area contributed by atoms with Crippen molar-refractivity contribution in [3.63, 3.8) is 0 Å². The van der Waals surface area contributed by atoms with Crippen LogP contribution in [0.15, 0.2) is 24.3 Å². The molecule has 0 bridgehead atoms. The van der Waals surface area contributed by atoms with Crippen molar-refractivity contribution in [1.29, 1.82) is 0 Å². The van der Waals surface area contributed by atoms with Crippen molar-refractivity contribution in [3.8, 4) is 0 Å². The molecule has 1 aromatic carbocycles. The summed E-state index contributed by atoms with van der Waals surface area (Å²) in [5.41, 5.74) is -0.565. The van der Waals surface area contributed by atoms with Gasteiger partial charge in [-0.15, -0.1) is 0 Å². The molecule has 1 aliphatic rings. The van der Waals surface area contributed by atoms with Gasteiger partial charge in [0.2, 0.25) is 5.91 Å². The number of hydrogen-bond donors (Lipinski definition) is 2. The fourth-order valence-electron chi connectivity index (χ4n) is 3.22. The van der Waals surface area contributed by atoms with E-state index in [1.807, 2.05) is 13.8 Å². The highest BCUT2D eigenvalue weighted by molar-refractivity contribution is 5.93. The van der Waals surface area contributed by atoms with Gasteiger partial charge in [0.05, 0.1) is 5.56 Å². The van der Waals surface area contributed by atoms with Gasteiger partial charge in [0, 0.05) is 31.9 Å². The number of piperazine rings is 1. The first-order chi connectivity index (χ1) is 13.7. The molecule has 0 aliphatic carbocycles. The smallest absolute Gasteiger partial charge is 0.338 e. The van der Waals surface area contributed by atoms with Gasteiger partial charge in [-0.25, -0.2) is 4.79 Å². The molecule has 3 amide bonds. The summed E-state index contributed by atoms with van der Waals surface area (Å²) in [7, 11) is 0. The summed E-state index contributed by atoms with van der Waals surface area (Å²) in [5, 5.41) is 5.21. The van der Waals surface area contributed by atoms with E-state index in [9.17, 15) is 22.8 Å². The van der Waals surface area contributed by atoms with Crippen molar-refractivity contribution in [2.75, 3.05) is 38.0 Å². The molecule has 2 unspecified atom stereocenters. The van der Waals surface area contributed by atoms with Crippen LogP contribution in [0.5, 0.6) is 0 Å². The summed E-state index contributed by atoms with van der Waals surface area (Å²) < 4.78 is 37.9. The molecule has 0 saturated carbocycles. The molecule has 1 aromatic rings. The lowest BCUT2D eigenvalue weighted by Crippen LogP contribution is -2.57.